The fraction of sp³-hybridized carbons (Fsp3) is 0.348. The van der Waals surface area contributed by atoms with Gasteiger partial charge in [-0.15, -0.1) is 11.3 Å². The van der Waals surface area contributed by atoms with Gasteiger partial charge in [0.05, 0.1) is 22.8 Å². The number of fused-ring (bicyclic) bond motifs is 2. The summed E-state index contributed by atoms with van der Waals surface area (Å²) < 4.78 is 68.8. The van der Waals surface area contributed by atoms with Crippen molar-refractivity contribution in [1.82, 2.24) is 4.98 Å². The smallest absolute Gasteiger partial charge is 0.338 e. The predicted octanol–water partition coefficient (Wildman–Crippen LogP) is 8.69. The first-order valence-corrected chi connectivity index (χ1v) is 12.0. The topological polar surface area (TPSA) is 28.2 Å². The van der Waals surface area contributed by atoms with Crippen LogP contribution in [0.5, 0.6) is 0 Å². The van der Waals surface area contributed by atoms with E-state index in [0.717, 1.165) is 41.1 Å². The summed E-state index contributed by atoms with van der Waals surface area (Å²) in [5, 5.41) is 4.70. The van der Waals surface area contributed by atoms with Gasteiger partial charge in [0.25, 0.3) is 5.92 Å². The molecule has 0 amide bonds. The Hall–Kier alpha value is -2.33. The second kappa shape index (κ2) is 9.50. The summed E-state index contributed by atoms with van der Waals surface area (Å²) in [6.07, 6.45) is -4.55. The molecule has 3 heterocycles. The minimum Gasteiger partial charge on any atom is -0.338 e. The average molecular weight is 502 g/mol. The molecule has 33 heavy (non-hydrogen) atoms. The minimum atomic E-state index is -4.55. The van der Waals surface area contributed by atoms with Crippen molar-refractivity contribution in [3.05, 3.63) is 63.0 Å². The number of nitrogens with zero attached hydrogens (tertiary/aromatic N) is 2. The Morgan fingerprint density at radius 3 is 2.36 bits per heavy atom. The molecule has 0 fully saturated rings. The number of nitrogens with one attached hydrogen (secondary N) is 1. The summed E-state index contributed by atoms with van der Waals surface area (Å²) in [7, 11) is 0. The van der Waals surface area contributed by atoms with Gasteiger partial charge in [-0.25, -0.2) is 13.8 Å². The van der Waals surface area contributed by atoms with E-state index in [9.17, 15) is 22.0 Å². The minimum absolute atomic E-state index is 0.0407. The number of alkyl halides is 5. The van der Waals surface area contributed by atoms with E-state index < -0.39 is 17.8 Å². The highest BCUT2D eigenvalue weighted by Gasteiger charge is 2.34. The number of thiophene rings is 1. The average Bonchev–Trinajstić information content (AvgIpc) is 3.15. The van der Waals surface area contributed by atoms with E-state index in [1.165, 1.54) is 24.1 Å². The molecule has 0 unspecified atom stereocenters. The number of pyridine rings is 1. The molecule has 10 heteroatoms. The van der Waals surface area contributed by atoms with Crippen LogP contribution in [-0.2, 0) is 18.6 Å². The molecule has 0 spiro atoms. The van der Waals surface area contributed by atoms with Gasteiger partial charge in [0, 0.05) is 22.8 Å². The maximum absolute atomic E-state index is 13.7. The van der Waals surface area contributed by atoms with Crippen molar-refractivity contribution in [1.29, 1.82) is 0 Å². The summed E-state index contributed by atoms with van der Waals surface area (Å²) in [5.74, 6) is -2.80. The molecule has 178 valence electrons. The predicted molar refractivity (Wildman–Crippen MR) is 126 cm³/mol. The fourth-order valence-corrected chi connectivity index (χ4v) is 5.33. The zero-order valence-corrected chi connectivity index (χ0v) is 20.4. The van der Waals surface area contributed by atoms with Crippen LogP contribution in [0.4, 0.5) is 39.1 Å². The monoisotopic (exact) mass is 501 g/mol. The number of aryl methyl sites for hydroxylation is 1. The van der Waals surface area contributed by atoms with Crippen LogP contribution < -0.4 is 9.62 Å². The van der Waals surface area contributed by atoms with Crippen molar-refractivity contribution in [2.75, 3.05) is 9.62 Å². The molecular formula is C23H24F5N3S2. The molecule has 1 aromatic carbocycles. The van der Waals surface area contributed by atoms with Gasteiger partial charge >= 0.3 is 6.18 Å². The summed E-state index contributed by atoms with van der Waals surface area (Å²) in [4.78, 5) is 4.40. The summed E-state index contributed by atoms with van der Waals surface area (Å²) in [6.45, 7) is 8.97. The van der Waals surface area contributed by atoms with E-state index in [2.05, 4.69) is 10.3 Å². The molecule has 3 aromatic rings. The van der Waals surface area contributed by atoms with Gasteiger partial charge in [0.15, 0.2) is 0 Å². The number of aromatic nitrogens is 1. The van der Waals surface area contributed by atoms with Crippen molar-refractivity contribution in [2.24, 2.45) is 0 Å². The van der Waals surface area contributed by atoms with E-state index in [0.29, 0.717) is 16.1 Å². The molecule has 2 aromatic heterocycles. The van der Waals surface area contributed by atoms with E-state index in [-0.39, 0.29) is 17.2 Å². The third-order valence-electron chi connectivity index (χ3n) is 5.01. The zero-order chi connectivity index (χ0) is 24.6. The molecule has 1 aliphatic rings. The Bertz CT molecular complexity index is 1140. The van der Waals surface area contributed by atoms with Gasteiger partial charge in [0.1, 0.15) is 11.5 Å². The van der Waals surface area contributed by atoms with E-state index in [1.54, 1.807) is 11.4 Å². The summed E-state index contributed by atoms with van der Waals surface area (Å²) in [5.41, 5.74) is 2.94. The Kier molecular flexibility index (Phi) is 7.28. The highest BCUT2D eigenvalue weighted by atomic mass is 32.2. The van der Waals surface area contributed by atoms with Crippen molar-refractivity contribution in [3.63, 3.8) is 0 Å². The molecule has 4 rings (SSSR count). The number of hydrogen-bond acceptors (Lipinski definition) is 5. The van der Waals surface area contributed by atoms with E-state index in [1.807, 2.05) is 38.1 Å². The van der Waals surface area contributed by atoms with Gasteiger partial charge in [0.2, 0.25) is 0 Å². The molecule has 0 aliphatic carbocycles. The Morgan fingerprint density at radius 1 is 1.06 bits per heavy atom. The van der Waals surface area contributed by atoms with Crippen LogP contribution in [0.1, 0.15) is 48.0 Å². The van der Waals surface area contributed by atoms with Crippen molar-refractivity contribution < 1.29 is 22.0 Å². The first kappa shape index (κ1) is 25.3. The lowest BCUT2D eigenvalue weighted by atomic mass is 10.1. The SMILES string of the molecule is CC.Cc1ccc2c(c1C)N(Sc1csc(C(C)(F)F)c1)Cc1ccc(C(F)(F)F)nc1N2. The fourth-order valence-electron chi connectivity index (χ4n) is 3.27. The van der Waals surface area contributed by atoms with Gasteiger partial charge in [-0.2, -0.15) is 13.2 Å². The quantitative estimate of drug-likeness (QED) is 0.287. The summed E-state index contributed by atoms with van der Waals surface area (Å²) in [6, 6.07) is 7.48. The highest BCUT2D eigenvalue weighted by molar-refractivity contribution is 8.00. The van der Waals surface area contributed by atoms with Crippen molar-refractivity contribution in [3.8, 4) is 0 Å². The third kappa shape index (κ3) is 5.43. The van der Waals surface area contributed by atoms with Crippen LogP contribution in [0, 0.1) is 13.8 Å². The molecule has 0 radical (unpaired) electrons. The number of halogens is 5. The Morgan fingerprint density at radius 2 is 1.76 bits per heavy atom. The second-order valence-corrected chi connectivity index (χ2v) is 9.40. The third-order valence-corrected chi connectivity index (χ3v) is 7.24. The molecule has 0 saturated heterocycles. The standard InChI is InChI=1S/C21H18F5N3S2.C2H6/c1-11-4-6-15-18(12(11)2)29(31-14-8-17(30-10-14)20(3,22)23)9-13-5-7-16(21(24,25)26)28-19(13)27-15;1-2/h4-8,10H,9H2,1-3H3,(H,27,28);1-2H3. The van der Waals surface area contributed by atoms with Crippen LogP contribution in [-0.4, -0.2) is 4.98 Å². The first-order chi connectivity index (χ1) is 15.4. The highest BCUT2D eigenvalue weighted by Crippen LogP contribution is 2.45. The number of hydrogen-bond donors (Lipinski definition) is 1. The van der Waals surface area contributed by atoms with Crippen LogP contribution in [0.15, 0.2) is 40.6 Å². The molecule has 0 bridgehead atoms. The molecule has 1 N–H and O–H groups in total. The molecule has 0 atom stereocenters. The lowest BCUT2D eigenvalue weighted by molar-refractivity contribution is -0.141. The van der Waals surface area contributed by atoms with E-state index in [4.69, 9.17) is 0 Å². The molecule has 3 nitrogen and oxygen atoms in total. The van der Waals surface area contributed by atoms with Crippen LogP contribution in [0.3, 0.4) is 0 Å². The van der Waals surface area contributed by atoms with Gasteiger partial charge in [-0.3, -0.25) is 0 Å². The Labute approximate surface area is 198 Å². The molecule has 1 aliphatic heterocycles. The van der Waals surface area contributed by atoms with Crippen LogP contribution >= 0.6 is 23.3 Å². The first-order valence-electron chi connectivity index (χ1n) is 10.3. The maximum Gasteiger partial charge on any atom is 0.433 e. The molecular weight excluding hydrogens is 477 g/mol. The van der Waals surface area contributed by atoms with Gasteiger partial charge in [-0.05, 0) is 55.1 Å². The lowest BCUT2D eigenvalue weighted by Crippen LogP contribution is -2.15. The number of benzene rings is 1. The summed E-state index contributed by atoms with van der Waals surface area (Å²) >= 11 is 2.25. The number of rotatable bonds is 3. The zero-order valence-electron chi connectivity index (χ0n) is 18.8. The van der Waals surface area contributed by atoms with Crippen LogP contribution in [0.2, 0.25) is 0 Å². The van der Waals surface area contributed by atoms with Gasteiger partial charge in [-0.1, -0.05) is 26.0 Å². The normalized spacial score (nSPS) is 13.3. The van der Waals surface area contributed by atoms with Gasteiger partial charge < -0.3 is 9.62 Å². The lowest BCUT2D eigenvalue weighted by Gasteiger charge is -2.25. The maximum atomic E-state index is 13.7. The number of anilines is 3. The van der Waals surface area contributed by atoms with Crippen molar-refractivity contribution in [2.45, 2.75) is 58.2 Å². The Balaban J connectivity index is 0.00000149. The largest absolute Gasteiger partial charge is 0.433 e. The second-order valence-electron chi connectivity index (χ2n) is 7.39. The molecule has 0 saturated carbocycles. The van der Waals surface area contributed by atoms with Crippen molar-refractivity contribution >= 4 is 40.5 Å². The van der Waals surface area contributed by atoms with Crippen LogP contribution in [0.25, 0.3) is 0 Å². The van der Waals surface area contributed by atoms with E-state index >= 15 is 0 Å².